The zero-order chi connectivity index (χ0) is 15.7. The zero-order valence-corrected chi connectivity index (χ0v) is 13.4. The van der Waals surface area contributed by atoms with E-state index < -0.39 is 37.1 Å². The minimum atomic E-state index is -3.75. The molecule has 0 aromatic heterocycles. The van der Waals surface area contributed by atoms with Crippen LogP contribution in [0.2, 0.25) is 0 Å². The molecule has 0 aliphatic carbocycles. The molecule has 122 valence electrons. The summed E-state index contributed by atoms with van der Waals surface area (Å²) in [5, 5.41) is -0.772. The van der Waals surface area contributed by atoms with Gasteiger partial charge >= 0.3 is 5.97 Å². The minimum Gasteiger partial charge on any atom is -0.468 e. The summed E-state index contributed by atoms with van der Waals surface area (Å²) < 4.78 is 59.0. The Bertz CT molecular complexity index is 584. The average molecular weight is 341 g/mol. The van der Waals surface area contributed by atoms with Gasteiger partial charge in [-0.05, 0) is 12.8 Å². The molecular weight excluding hydrogens is 322 g/mol. The molecule has 10 heteroatoms. The molecule has 0 aromatic rings. The van der Waals surface area contributed by atoms with Crippen LogP contribution in [0.5, 0.6) is 0 Å². The maximum atomic E-state index is 12.7. The Kier molecular flexibility index (Phi) is 4.91. The summed E-state index contributed by atoms with van der Waals surface area (Å²) in [5.74, 6) is -0.935. The van der Waals surface area contributed by atoms with E-state index >= 15 is 0 Å². The number of esters is 1. The fourth-order valence-corrected chi connectivity index (χ4v) is 6.41. The van der Waals surface area contributed by atoms with Gasteiger partial charge in [0.25, 0.3) is 0 Å². The third-order valence-electron chi connectivity index (χ3n) is 3.80. The first-order chi connectivity index (χ1) is 9.78. The van der Waals surface area contributed by atoms with Gasteiger partial charge in [-0.3, -0.25) is 4.79 Å². The van der Waals surface area contributed by atoms with E-state index in [-0.39, 0.29) is 44.1 Å². The fourth-order valence-electron chi connectivity index (χ4n) is 2.57. The second-order valence-electron chi connectivity index (χ2n) is 5.12. The van der Waals surface area contributed by atoms with E-state index in [1.54, 1.807) is 0 Å². The van der Waals surface area contributed by atoms with Crippen molar-refractivity contribution in [2.75, 3.05) is 38.4 Å². The van der Waals surface area contributed by atoms with Gasteiger partial charge in [-0.25, -0.2) is 16.8 Å². The van der Waals surface area contributed by atoms with E-state index in [0.717, 1.165) is 4.31 Å². The maximum absolute atomic E-state index is 12.7. The van der Waals surface area contributed by atoms with Gasteiger partial charge in [0.1, 0.15) is 15.9 Å². The van der Waals surface area contributed by atoms with Crippen molar-refractivity contribution in [3.63, 3.8) is 0 Å². The van der Waals surface area contributed by atoms with Gasteiger partial charge in [-0.15, -0.1) is 0 Å². The Morgan fingerprint density at radius 3 is 2.48 bits per heavy atom. The lowest BCUT2D eigenvalue weighted by atomic mass is 10.2. The quantitative estimate of drug-likeness (QED) is 0.591. The highest BCUT2D eigenvalue weighted by molar-refractivity contribution is 7.92. The number of hydrogen-bond acceptors (Lipinski definition) is 7. The molecule has 2 aliphatic heterocycles. The first-order valence-corrected chi connectivity index (χ1v) is 9.97. The summed E-state index contributed by atoms with van der Waals surface area (Å²) >= 11 is 0. The first-order valence-electron chi connectivity index (χ1n) is 6.64. The standard InChI is InChI=1S/C11H19NO7S2/c1-18-11(13)10-8-19-5-4-12(10)21(16,17)9-2-6-20(14,15)7-3-9/h9-10H,2-8H2,1H3. The predicted octanol–water partition coefficient (Wildman–Crippen LogP) is -1.23. The monoisotopic (exact) mass is 341 g/mol. The predicted molar refractivity (Wildman–Crippen MR) is 73.9 cm³/mol. The van der Waals surface area contributed by atoms with Crippen LogP contribution in [0.1, 0.15) is 12.8 Å². The van der Waals surface area contributed by atoms with E-state index in [0.29, 0.717) is 0 Å². The topological polar surface area (TPSA) is 107 Å². The third kappa shape index (κ3) is 3.55. The van der Waals surface area contributed by atoms with Gasteiger partial charge in [-0.2, -0.15) is 4.31 Å². The van der Waals surface area contributed by atoms with Crippen LogP contribution in [0.4, 0.5) is 0 Å². The van der Waals surface area contributed by atoms with E-state index in [1.807, 2.05) is 0 Å². The Morgan fingerprint density at radius 2 is 1.90 bits per heavy atom. The van der Waals surface area contributed by atoms with Crippen LogP contribution < -0.4 is 0 Å². The number of sulfonamides is 1. The zero-order valence-electron chi connectivity index (χ0n) is 11.7. The molecule has 8 nitrogen and oxygen atoms in total. The van der Waals surface area contributed by atoms with Crippen molar-refractivity contribution in [3.05, 3.63) is 0 Å². The SMILES string of the molecule is COC(=O)C1COCCN1S(=O)(=O)C1CCS(=O)(=O)CC1. The molecule has 21 heavy (non-hydrogen) atoms. The van der Waals surface area contributed by atoms with Gasteiger partial charge in [-0.1, -0.05) is 0 Å². The van der Waals surface area contributed by atoms with Gasteiger partial charge in [0.2, 0.25) is 10.0 Å². The lowest BCUT2D eigenvalue weighted by Crippen LogP contribution is -2.56. The number of morpholine rings is 1. The van der Waals surface area contributed by atoms with Crippen LogP contribution in [0.3, 0.4) is 0 Å². The Hall–Kier alpha value is -0.710. The average Bonchev–Trinajstić information content (AvgIpc) is 2.46. The van der Waals surface area contributed by atoms with E-state index in [9.17, 15) is 21.6 Å². The van der Waals surface area contributed by atoms with Crippen molar-refractivity contribution >= 4 is 25.8 Å². The number of sulfone groups is 1. The van der Waals surface area contributed by atoms with Crippen LogP contribution in [-0.4, -0.2) is 76.8 Å². The molecule has 2 saturated heterocycles. The number of methoxy groups -OCH3 is 1. The van der Waals surface area contributed by atoms with Crippen LogP contribution in [0.25, 0.3) is 0 Å². The molecule has 0 amide bonds. The van der Waals surface area contributed by atoms with E-state index in [2.05, 4.69) is 4.74 Å². The van der Waals surface area contributed by atoms with Crippen LogP contribution in [-0.2, 0) is 34.1 Å². The van der Waals surface area contributed by atoms with E-state index in [1.165, 1.54) is 7.11 Å². The van der Waals surface area contributed by atoms with Crippen molar-refractivity contribution in [3.8, 4) is 0 Å². The van der Waals surface area contributed by atoms with Gasteiger partial charge in [0, 0.05) is 6.54 Å². The summed E-state index contributed by atoms with van der Waals surface area (Å²) in [6.45, 7) is 0.236. The van der Waals surface area contributed by atoms with Crippen LogP contribution in [0.15, 0.2) is 0 Å². The maximum Gasteiger partial charge on any atom is 0.326 e. The molecular formula is C11H19NO7S2. The molecule has 0 spiro atoms. The van der Waals surface area contributed by atoms with Crippen molar-refractivity contribution in [2.24, 2.45) is 0 Å². The number of carbonyl (C=O) groups is 1. The van der Waals surface area contributed by atoms with Crippen molar-refractivity contribution in [2.45, 2.75) is 24.1 Å². The molecule has 0 radical (unpaired) electrons. The van der Waals surface area contributed by atoms with Crippen molar-refractivity contribution in [1.29, 1.82) is 0 Å². The Balaban J connectivity index is 2.19. The fraction of sp³-hybridized carbons (Fsp3) is 0.909. The number of hydrogen-bond donors (Lipinski definition) is 0. The third-order valence-corrected chi connectivity index (χ3v) is 7.92. The molecule has 0 bridgehead atoms. The smallest absolute Gasteiger partial charge is 0.326 e. The van der Waals surface area contributed by atoms with Crippen molar-refractivity contribution in [1.82, 2.24) is 4.31 Å². The molecule has 2 heterocycles. The van der Waals surface area contributed by atoms with Gasteiger partial charge in [0.05, 0.1) is 37.1 Å². The molecule has 0 aromatic carbocycles. The van der Waals surface area contributed by atoms with Crippen LogP contribution in [0, 0.1) is 0 Å². The lowest BCUT2D eigenvalue weighted by Gasteiger charge is -2.36. The van der Waals surface area contributed by atoms with Gasteiger partial charge in [0.15, 0.2) is 0 Å². The largest absolute Gasteiger partial charge is 0.468 e. The minimum absolute atomic E-state index is 0.0447. The number of ether oxygens (including phenoxy) is 2. The van der Waals surface area contributed by atoms with Crippen LogP contribution >= 0.6 is 0 Å². The molecule has 2 aliphatic rings. The molecule has 0 saturated carbocycles. The van der Waals surface area contributed by atoms with E-state index in [4.69, 9.17) is 4.74 Å². The molecule has 2 rings (SSSR count). The normalized spacial score (nSPS) is 28.1. The highest BCUT2D eigenvalue weighted by Gasteiger charge is 2.43. The number of nitrogens with zero attached hydrogens (tertiary/aromatic N) is 1. The Morgan fingerprint density at radius 1 is 1.29 bits per heavy atom. The molecule has 2 fully saturated rings. The first kappa shape index (κ1) is 16.7. The van der Waals surface area contributed by atoms with Crippen molar-refractivity contribution < 1.29 is 31.1 Å². The number of carbonyl (C=O) groups excluding carboxylic acids is 1. The molecule has 1 atom stereocenters. The summed E-state index contributed by atoms with van der Waals surface area (Å²) in [6.07, 6.45) is 0.131. The summed E-state index contributed by atoms with van der Waals surface area (Å²) in [4.78, 5) is 11.7. The summed E-state index contributed by atoms with van der Waals surface area (Å²) in [5.41, 5.74) is 0. The highest BCUT2D eigenvalue weighted by Crippen LogP contribution is 2.25. The summed E-state index contributed by atoms with van der Waals surface area (Å²) in [7, 11) is -5.70. The Labute approximate surface area is 124 Å². The molecule has 1 unspecified atom stereocenters. The summed E-state index contributed by atoms with van der Waals surface area (Å²) in [6, 6.07) is -0.993. The second-order valence-corrected chi connectivity index (χ2v) is 9.59. The number of rotatable bonds is 3. The molecule has 0 N–H and O–H groups in total. The second kappa shape index (κ2) is 6.19. The highest BCUT2D eigenvalue weighted by atomic mass is 32.2. The lowest BCUT2D eigenvalue weighted by molar-refractivity contribution is -0.149. The van der Waals surface area contributed by atoms with Gasteiger partial charge < -0.3 is 9.47 Å².